The monoisotopic (exact) mass is 383 g/mol. The van der Waals surface area contributed by atoms with Gasteiger partial charge in [-0.05, 0) is 37.3 Å². The Morgan fingerprint density at radius 3 is 2.57 bits per heavy atom. The van der Waals surface area contributed by atoms with E-state index in [4.69, 9.17) is 4.74 Å². The third-order valence-electron chi connectivity index (χ3n) is 5.71. The lowest BCUT2D eigenvalue weighted by atomic mass is 10.00. The van der Waals surface area contributed by atoms with Crippen molar-refractivity contribution in [3.05, 3.63) is 59.9 Å². The second-order valence-electron chi connectivity index (χ2n) is 7.41. The highest BCUT2D eigenvalue weighted by molar-refractivity contribution is 5.82. The van der Waals surface area contributed by atoms with Gasteiger partial charge in [0.2, 0.25) is 5.91 Å². The molecule has 0 aromatic heterocycles. The van der Waals surface area contributed by atoms with Crippen LogP contribution in [-0.4, -0.2) is 49.6 Å². The first kappa shape index (κ1) is 18.7. The van der Waals surface area contributed by atoms with Crippen LogP contribution in [0.25, 0.3) is 0 Å². The highest BCUT2D eigenvalue weighted by atomic mass is 19.1. The van der Waals surface area contributed by atoms with Crippen LogP contribution in [0, 0.1) is 5.82 Å². The smallest absolute Gasteiger partial charge is 0.237 e. The van der Waals surface area contributed by atoms with Gasteiger partial charge in [-0.25, -0.2) is 4.39 Å². The van der Waals surface area contributed by atoms with Crippen molar-refractivity contribution < 1.29 is 13.9 Å². The van der Waals surface area contributed by atoms with Crippen LogP contribution in [-0.2, 0) is 4.79 Å². The maximum Gasteiger partial charge on any atom is 0.237 e. The van der Waals surface area contributed by atoms with Crippen LogP contribution in [0.15, 0.2) is 48.5 Å². The molecule has 1 N–H and O–H groups in total. The first-order valence-corrected chi connectivity index (χ1v) is 9.88. The predicted molar refractivity (Wildman–Crippen MR) is 107 cm³/mol. The molecule has 1 fully saturated rings. The molecule has 0 bridgehead atoms. The van der Waals surface area contributed by atoms with Gasteiger partial charge in [0.25, 0.3) is 0 Å². The minimum absolute atomic E-state index is 0.000374. The average Bonchev–Trinajstić information content (AvgIpc) is 2.74. The number of benzene rings is 2. The van der Waals surface area contributed by atoms with E-state index in [2.05, 4.69) is 15.1 Å². The summed E-state index contributed by atoms with van der Waals surface area (Å²) in [6.07, 6.45) is 0.786. The Kier molecular flexibility index (Phi) is 5.48. The van der Waals surface area contributed by atoms with Gasteiger partial charge in [-0.1, -0.05) is 18.2 Å². The van der Waals surface area contributed by atoms with E-state index in [-0.39, 0.29) is 23.8 Å². The molecule has 28 heavy (non-hydrogen) atoms. The van der Waals surface area contributed by atoms with Gasteiger partial charge in [0.1, 0.15) is 11.6 Å². The van der Waals surface area contributed by atoms with Crippen molar-refractivity contribution >= 4 is 11.6 Å². The summed E-state index contributed by atoms with van der Waals surface area (Å²) in [5.41, 5.74) is 2.08. The number of hydrogen-bond acceptors (Lipinski definition) is 4. The van der Waals surface area contributed by atoms with Crippen LogP contribution < -0.4 is 15.0 Å². The summed E-state index contributed by atoms with van der Waals surface area (Å²) >= 11 is 0. The summed E-state index contributed by atoms with van der Waals surface area (Å²) in [6, 6.07) is 14.3. The van der Waals surface area contributed by atoms with E-state index >= 15 is 0 Å². The van der Waals surface area contributed by atoms with E-state index in [1.54, 1.807) is 0 Å². The molecule has 2 aliphatic rings. The fraction of sp³-hybridized carbons (Fsp3) is 0.409. The highest BCUT2D eigenvalue weighted by Crippen LogP contribution is 2.31. The van der Waals surface area contributed by atoms with Crippen molar-refractivity contribution in [1.82, 2.24) is 10.2 Å². The molecule has 0 spiro atoms. The summed E-state index contributed by atoms with van der Waals surface area (Å²) in [4.78, 5) is 17.3. The summed E-state index contributed by atoms with van der Waals surface area (Å²) in [5, 5.41) is 3.21. The molecule has 148 valence electrons. The Hall–Kier alpha value is -2.60. The van der Waals surface area contributed by atoms with Gasteiger partial charge in [0, 0.05) is 43.9 Å². The van der Waals surface area contributed by atoms with Crippen molar-refractivity contribution in [1.29, 1.82) is 0 Å². The maximum atomic E-state index is 13.1. The molecular weight excluding hydrogens is 357 g/mol. The lowest BCUT2D eigenvalue weighted by Gasteiger charge is -2.39. The molecule has 1 saturated heterocycles. The van der Waals surface area contributed by atoms with Gasteiger partial charge in [-0.3, -0.25) is 9.69 Å². The lowest BCUT2D eigenvalue weighted by molar-refractivity contribution is -0.127. The molecule has 0 saturated carbocycles. The number of anilines is 1. The number of fused-ring (bicyclic) bond motifs is 1. The number of nitrogens with zero attached hydrogens (tertiary/aromatic N) is 2. The van der Waals surface area contributed by atoms with E-state index < -0.39 is 0 Å². The number of halogens is 1. The van der Waals surface area contributed by atoms with E-state index in [0.29, 0.717) is 6.61 Å². The number of amides is 1. The third kappa shape index (κ3) is 3.97. The topological polar surface area (TPSA) is 44.8 Å². The second kappa shape index (κ2) is 8.19. The molecule has 5 nitrogen and oxygen atoms in total. The lowest BCUT2D eigenvalue weighted by Crippen LogP contribution is -2.54. The van der Waals surface area contributed by atoms with Gasteiger partial charge in [-0.15, -0.1) is 0 Å². The fourth-order valence-electron chi connectivity index (χ4n) is 3.97. The number of nitrogens with one attached hydrogen (secondary N) is 1. The number of para-hydroxylation sites is 1. The van der Waals surface area contributed by atoms with Crippen molar-refractivity contribution in [2.24, 2.45) is 0 Å². The van der Waals surface area contributed by atoms with Crippen molar-refractivity contribution in [3.8, 4) is 5.75 Å². The Labute approximate surface area is 165 Å². The molecule has 6 heteroatoms. The van der Waals surface area contributed by atoms with Crippen molar-refractivity contribution in [2.45, 2.75) is 25.4 Å². The molecule has 2 heterocycles. The molecule has 4 rings (SSSR count). The molecule has 2 aromatic carbocycles. The number of ether oxygens (including phenoxy) is 1. The number of carbonyl (C=O) groups is 1. The van der Waals surface area contributed by atoms with Crippen molar-refractivity contribution in [3.63, 3.8) is 0 Å². The van der Waals surface area contributed by atoms with Gasteiger partial charge in [-0.2, -0.15) is 0 Å². The Bertz CT molecular complexity index is 819. The minimum Gasteiger partial charge on any atom is -0.493 e. The van der Waals surface area contributed by atoms with E-state index in [9.17, 15) is 9.18 Å². The molecular formula is C22H26FN3O2. The average molecular weight is 383 g/mol. The van der Waals surface area contributed by atoms with Crippen LogP contribution in [0.5, 0.6) is 5.75 Å². The van der Waals surface area contributed by atoms with Crippen LogP contribution in [0.2, 0.25) is 0 Å². The molecule has 0 unspecified atom stereocenters. The van der Waals surface area contributed by atoms with Crippen LogP contribution >= 0.6 is 0 Å². The number of rotatable bonds is 4. The molecule has 2 aliphatic heterocycles. The number of hydrogen-bond donors (Lipinski definition) is 1. The van der Waals surface area contributed by atoms with E-state index in [0.717, 1.165) is 49.6 Å². The molecule has 2 aromatic rings. The SMILES string of the molecule is C[C@@H](C(=O)N[C@@H]1CCOc2ccccc21)N1CCN(c2ccc(F)cc2)CC1. The highest BCUT2D eigenvalue weighted by Gasteiger charge is 2.29. The van der Waals surface area contributed by atoms with E-state index in [1.165, 1.54) is 12.1 Å². The Morgan fingerprint density at radius 2 is 1.82 bits per heavy atom. The zero-order chi connectivity index (χ0) is 19.5. The van der Waals surface area contributed by atoms with Gasteiger partial charge < -0.3 is 15.0 Å². The summed E-state index contributed by atoms with van der Waals surface area (Å²) < 4.78 is 18.8. The molecule has 0 aliphatic carbocycles. The van der Waals surface area contributed by atoms with E-state index in [1.807, 2.05) is 43.3 Å². The normalized spacial score (nSPS) is 20.8. The third-order valence-corrected chi connectivity index (χ3v) is 5.71. The summed E-state index contributed by atoms with van der Waals surface area (Å²) in [5.74, 6) is 0.693. The Morgan fingerprint density at radius 1 is 1.11 bits per heavy atom. The predicted octanol–water partition coefficient (Wildman–Crippen LogP) is 2.98. The standard InChI is InChI=1S/C22H26FN3O2/c1-16(22(27)24-20-10-15-28-21-5-3-2-4-19(20)21)25-11-13-26(14-12-25)18-8-6-17(23)7-9-18/h2-9,16,20H,10-15H2,1H3,(H,24,27)/t16-,20+/m0/s1. The molecule has 1 amide bonds. The summed E-state index contributed by atoms with van der Waals surface area (Å²) in [6.45, 7) is 5.83. The van der Waals surface area contributed by atoms with Crippen LogP contribution in [0.1, 0.15) is 24.9 Å². The van der Waals surface area contributed by atoms with Crippen LogP contribution in [0.4, 0.5) is 10.1 Å². The van der Waals surface area contributed by atoms with Gasteiger partial charge in [0.15, 0.2) is 0 Å². The zero-order valence-corrected chi connectivity index (χ0v) is 16.1. The van der Waals surface area contributed by atoms with Crippen molar-refractivity contribution in [2.75, 3.05) is 37.7 Å². The molecule has 0 radical (unpaired) electrons. The first-order valence-electron chi connectivity index (χ1n) is 9.88. The second-order valence-corrected chi connectivity index (χ2v) is 7.41. The maximum absolute atomic E-state index is 13.1. The number of piperazine rings is 1. The first-order chi connectivity index (χ1) is 13.6. The van der Waals surface area contributed by atoms with Gasteiger partial charge in [0.05, 0.1) is 18.7 Å². The minimum atomic E-state index is -0.220. The fourth-order valence-corrected chi connectivity index (χ4v) is 3.97. The quantitative estimate of drug-likeness (QED) is 0.882. The van der Waals surface area contributed by atoms with Crippen LogP contribution in [0.3, 0.4) is 0 Å². The molecule has 2 atom stereocenters. The summed E-state index contributed by atoms with van der Waals surface area (Å²) in [7, 11) is 0. The van der Waals surface area contributed by atoms with Gasteiger partial charge >= 0.3 is 0 Å². The zero-order valence-electron chi connectivity index (χ0n) is 16.1. The largest absolute Gasteiger partial charge is 0.493 e. The number of carbonyl (C=O) groups excluding carboxylic acids is 1. The Balaban J connectivity index is 1.33.